The van der Waals surface area contributed by atoms with Crippen LogP contribution in [0.2, 0.25) is 0 Å². The molecule has 1 amide bonds. The van der Waals surface area contributed by atoms with Gasteiger partial charge in [-0.15, -0.1) is 0 Å². The van der Waals surface area contributed by atoms with Crippen molar-refractivity contribution < 1.29 is 22.0 Å². The van der Waals surface area contributed by atoms with Crippen molar-refractivity contribution in [1.82, 2.24) is 0 Å². The van der Waals surface area contributed by atoms with Gasteiger partial charge in [0.15, 0.2) is 9.84 Å². The summed E-state index contributed by atoms with van der Waals surface area (Å²) in [6.07, 6.45) is -0.328. The van der Waals surface area contributed by atoms with E-state index in [1.807, 2.05) is 0 Å². The average Bonchev–Trinajstić information content (AvgIpc) is 2.50. The number of para-hydroxylation sites is 1. The maximum absolute atomic E-state index is 13.5. The first-order valence-electron chi connectivity index (χ1n) is 6.85. The van der Waals surface area contributed by atoms with Gasteiger partial charge in [-0.1, -0.05) is 30.3 Å². The summed E-state index contributed by atoms with van der Waals surface area (Å²) in [6.45, 7) is 0. The number of benzene rings is 2. The zero-order valence-electron chi connectivity index (χ0n) is 12.1. The Morgan fingerprint density at radius 2 is 1.57 bits per heavy atom. The number of carbonyl (C=O) groups excluding carboxylic acids is 1. The molecule has 0 spiro atoms. The molecule has 0 aliphatic carbocycles. The van der Waals surface area contributed by atoms with Gasteiger partial charge in [0.1, 0.15) is 11.6 Å². The molecule has 0 radical (unpaired) electrons. The summed E-state index contributed by atoms with van der Waals surface area (Å²) in [6, 6.07) is 11.2. The lowest BCUT2D eigenvalue weighted by Gasteiger charge is -2.07. The van der Waals surface area contributed by atoms with E-state index in [-0.39, 0.29) is 17.7 Å². The molecule has 0 aliphatic rings. The summed E-state index contributed by atoms with van der Waals surface area (Å²) in [5.74, 6) is -2.75. The van der Waals surface area contributed by atoms with Crippen LogP contribution in [0.25, 0.3) is 0 Å². The van der Waals surface area contributed by atoms with E-state index in [0.717, 1.165) is 0 Å². The Kier molecular flexibility index (Phi) is 5.44. The number of hydrogen-bond donors (Lipinski definition) is 1. The predicted molar refractivity (Wildman–Crippen MR) is 83.5 cm³/mol. The third-order valence-electron chi connectivity index (χ3n) is 3.12. The Morgan fingerprint density at radius 1 is 0.957 bits per heavy atom. The lowest BCUT2D eigenvalue weighted by Crippen LogP contribution is -2.19. The van der Waals surface area contributed by atoms with Crippen LogP contribution in [0.5, 0.6) is 0 Å². The van der Waals surface area contributed by atoms with Crippen molar-refractivity contribution in [3.8, 4) is 0 Å². The maximum atomic E-state index is 13.5. The molecule has 1 N–H and O–H groups in total. The molecule has 0 bridgehead atoms. The topological polar surface area (TPSA) is 63.2 Å². The minimum absolute atomic E-state index is 0.0102. The standard InChI is InChI=1S/C16H15F2NO3S/c17-13-6-2-1-5-12(13)11-23(21,22)10-9-16(20)19-15-8-4-3-7-14(15)18/h1-8H,9-11H2,(H,19,20). The molecule has 0 atom stereocenters. The van der Waals surface area contributed by atoms with Crippen molar-refractivity contribution >= 4 is 21.4 Å². The van der Waals surface area contributed by atoms with Crippen molar-refractivity contribution in [3.63, 3.8) is 0 Å². The molecule has 2 rings (SSSR count). The van der Waals surface area contributed by atoms with Gasteiger partial charge in [-0.3, -0.25) is 4.79 Å². The summed E-state index contributed by atoms with van der Waals surface area (Å²) in [4.78, 5) is 11.7. The molecule has 4 nitrogen and oxygen atoms in total. The Labute approximate surface area is 133 Å². The van der Waals surface area contributed by atoms with Crippen LogP contribution in [-0.4, -0.2) is 20.1 Å². The Hall–Kier alpha value is -2.28. The molecule has 2 aromatic rings. The molecule has 0 unspecified atom stereocenters. The van der Waals surface area contributed by atoms with Crippen LogP contribution < -0.4 is 5.32 Å². The van der Waals surface area contributed by atoms with Crippen LogP contribution in [0.1, 0.15) is 12.0 Å². The fourth-order valence-electron chi connectivity index (χ4n) is 1.95. The van der Waals surface area contributed by atoms with Crippen molar-refractivity contribution in [2.45, 2.75) is 12.2 Å². The second kappa shape index (κ2) is 7.32. The fourth-order valence-corrected chi connectivity index (χ4v) is 3.30. The number of amides is 1. The second-order valence-electron chi connectivity index (χ2n) is 4.96. The van der Waals surface area contributed by atoms with Crippen LogP contribution in [0.4, 0.5) is 14.5 Å². The van der Waals surface area contributed by atoms with Crippen molar-refractivity contribution in [2.24, 2.45) is 0 Å². The van der Waals surface area contributed by atoms with E-state index in [0.29, 0.717) is 0 Å². The molecule has 0 heterocycles. The molecule has 0 aliphatic heterocycles. The monoisotopic (exact) mass is 339 g/mol. The highest BCUT2D eigenvalue weighted by molar-refractivity contribution is 7.90. The van der Waals surface area contributed by atoms with E-state index in [2.05, 4.69) is 5.32 Å². The smallest absolute Gasteiger partial charge is 0.225 e. The van der Waals surface area contributed by atoms with Crippen LogP contribution in [-0.2, 0) is 20.4 Å². The summed E-state index contributed by atoms with van der Waals surface area (Å²) >= 11 is 0. The molecule has 122 valence electrons. The molecular formula is C16H15F2NO3S. The number of carbonyl (C=O) groups is 1. The molecule has 23 heavy (non-hydrogen) atoms. The first-order valence-corrected chi connectivity index (χ1v) is 8.68. The molecule has 0 fully saturated rings. The van der Waals surface area contributed by atoms with Crippen molar-refractivity contribution in [2.75, 3.05) is 11.1 Å². The first kappa shape index (κ1) is 17.1. The number of anilines is 1. The van der Waals surface area contributed by atoms with Crippen LogP contribution in [0.15, 0.2) is 48.5 Å². The van der Waals surface area contributed by atoms with Gasteiger partial charge in [-0.25, -0.2) is 17.2 Å². The summed E-state index contributed by atoms with van der Waals surface area (Å²) < 4.78 is 50.8. The largest absolute Gasteiger partial charge is 0.324 e. The highest BCUT2D eigenvalue weighted by atomic mass is 32.2. The summed E-state index contributed by atoms with van der Waals surface area (Å²) in [7, 11) is -3.65. The van der Waals surface area contributed by atoms with Gasteiger partial charge in [-0.05, 0) is 18.2 Å². The predicted octanol–water partition coefficient (Wildman–Crippen LogP) is 2.91. The van der Waals surface area contributed by atoms with Crippen LogP contribution in [0, 0.1) is 11.6 Å². The normalized spacial score (nSPS) is 11.2. The first-order chi connectivity index (χ1) is 10.9. The molecule has 0 saturated heterocycles. The third-order valence-corrected chi connectivity index (χ3v) is 4.70. The second-order valence-corrected chi connectivity index (χ2v) is 7.15. The molecule has 0 saturated carbocycles. The fraction of sp³-hybridized carbons (Fsp3) is 0.188. The number of nitrogens with one attached hydrogen (secondary N) is 1. The SMILES string of the molecule is O=C(CCS(=O)(=O)Cc1ccccc1F)Nc1ccccc1F. The van der Waals surface area contributed by atoms with E-state index in [1.54, 1.807) is 12.1 Å². The van der Waals surface area contributed by atoms with E-state index in [1.165, 1.54) is 36.4 Å². The van der Waals surface area contributed by atoms with E-state index in [9.17, 15) is 22.0 Å². The lowest BCUT2D eigenvalue weighted by atomic mass is 10.2. The zero-order chi connectivity index (χ0) is 16.9. The van der Waals surface area contributed by atoms with Gasteiger partial charge >= 0.3 is 0 Å². The number of hydrogen-bond acceptors (Lipinski definition) is 3. The van der Waals surface area contributed by atoms with E-state index >= 15 is 0 Å². The zero-order valence-corrected chi connectivity index (χ0v) is 12.9. The molecule has 2 aromatic carbocycles. The summed E-state index contributed by atoms with van der Waals surface area (Å²) in [5, 5.41) is 2.31. The van der Waals surface area contributed by atoms with E-state index < -0.39 is 38.9 Å². The minimum Gasteiger partial charge on any atom is -0.324 e. The Balaban J connectivity index is 1.93. The van der Waals surface area contributed by atoms with E-state index in [4.69, 9.17) is 0 Å². The highest BCUT2D eigenvalue weighted by Gasteiger charge is 2.17. The van der Waals surface area contributed by atoms with Gasteiger partial charge in [-0.2, -0.15) is 0 Å². The van der Waals surface area contributed by atoms with Gasteiger partial charge in [0.2, 0.25) is 5.91 Å². The van der Waals surface area contributed by atoms with Crippen molar-refractivity contribution in [1.29, 1.82) is 0 Å². The highest BCUT2D eigenvalue weighted by Crippen LogP contribution is 2.14. The molecular weight excluding hydrogens is 324 g/mol. The Morgan fingerprint density at radius 3 is 2.22 bits per heavy atom. The van der Waals surface area contributed by atoms with Crippen LogP contribution in [0.3, 0.4) is 0 Å². The summed E-state index contributed by atoms with van der Waals surface area (Å²) in [5.41, 5.74) is 0.0472. The third kappa shape index (κ3) is 5.14. The number of sulfone groups is 1. The number of halogens is 2. The number of rotatable bonds is 6. The lowest BCUT2D eigenvalue weighted by molar-refractivity contribution is -0.115. The van der Waals surface area contributed by atoms with Crippen molar-refractivity contribution in [3.05, 3.63) is 65.7 Å². The van der Waals surface area contributed by atoms with Gasteiger partial charge in [0, 0.05) is 12.0 Å². The maximum Gasteiger partial charge on any atom is 0.225 e. The Bertz CT molecular complexity index is 806. The van der Waals surface area contributed by atoms with Gasteiger partial charge < -0.3 is 5.32 Å². The average molecular weight is 339 g/mol. The minimum atomic E-state index is -3.65. The van der Waals surface area contributed by atoms with Gasteiger partial charge in [0.05, 0.1) is 17.2 Å². The van der Waals surface area contributed by atoms with Crippen LogP contribution >= 0.6 is 0 Å². The molecule has 7 heteroatoms. The molecule has 0 aromatic heterocycles. The quantitative estimate of drug-likeness (QED) is 0.880. The van der Waals surface area contributed by atoms with Gasteiger partial charge in [0.25, 0.3) is 0 Å².